The van der Waals surface area contributed by atoms with Gasteiger partial charge in [0.1, 0.15) is 0 Å². The highest BCUT2D eigenvalue weighted by molar-refractivity contribution is 5.79. The topological polar surface area (TPSA) is 63.1 Å². The zero-order chi connectivity index (χ0) is 19.8. The van der Waals surface area contributed by atoms with Gasteiger partial charge in [0.15, 0.2) is 5.82 Å². The monoisotopic (exact) mass is 381 g/mol. The number of rotatable bonds is 4. The third-order valence-corrected chi connectivity index (χ3v) is 5.04. The number of pyridine rings is 1. The average molecular weight is 381 g/mol. The van der Waals surface area contributed by atoms with E-state index in [0.717, 1.165) is 37.3 Å². The van der Waals surface area contributed by atoms with E-state index in [1.807, 2.05) is 0 Å². The molecule has 1 unspecified atom stereocenters. The Kier molecular flexibility index (Phi) is 5.23. The van der Waals surface area contributed by atoms with Crippen molar-refractivity contribution in [3.63, 3.8) is 0 Å². The van der Waals surface area contributed by atoms with Crippen LogP contribution in [0.5, 0.6) is 0 Å². The summed E-state index contributed by atoms with van der Waals surface area (Å²) in [6.45, 7) is 5.26. The summed E-state index contributed by atoms with van der Waals surface area (Å²) in [5, 5.41) is 7.61. The van der Waals surface area contributed by atoms with Gasteiger partial charge in [-0.3, -0.25) is 4.79 Å². The zero-order valence-electron chi connectivity index (χ0n) is 15.5. The number of alkyl halides is 3. The maximum absolute atomic E-state index is 12.7. The lowest BCUT2D eigenvalue weighted by atomic mass is 10.1. The Labute approximate surface area is 155 Å². The maximum atomic E-state index is 12.7. The van der Waals surface area contributed by atoms with Crippen LogP contribution >= 0.6 is 0 Å². The van der Waals surface area contributed by atoms with Crippen molar-refractivity contribution in [2.45, 2.75) is 38.9 Å². The molecule has 0 aromatic carbocycles. The molecular formula is C18H22F3N5O. The fraction of sp³-hybridized carbons (Fsp3) is 0.500. The first kappa shape index (κ1) is 19.3. The van der Waals surface area contributed by atoms with Crippen molar-refractivity contribution in [1.82, 2.24) is 25.0 Å². The first-order chi connectivity index (χ1) is 12.7. The van der Waals surface area contributed by atoms with Crippen LogP contribution in [0.4, 0.5) is 13.2 Å². The molecule has 1 fully saturated rings. The summed E-state index contributed by atoms with van der Waals surface area (Å²) in [6.07, 6.45) is -2.52. The van der Waals surface area contributed by atoms with Gasteiger partial charge in [-0.2, -0.15) is 18.3 Å². The molecule has 1 aliphatic heterocycles. The van der Waals surface area contributed by atoms with Gasteiger partial charge in [0.2, 0.25) is 5.91 Å². The molecule has 27 heavy (non-hydrogen) atoms. The number of hydrogen-bond donors (Lipinski definition) is 1. The zero-order valence-corrected chi connectivity index (χ0v) is 15.5. The number of carbonyl (C=O) groups excluding carboxylic acids is 1. The molecule has 146 valence electrons. The number of aromatic nitrogens is 3. The quantitative estimate of drug-likeness (QED) is 0.883. The van der Waals surface area contributed by atoms with Gasteiger partial charge in [-0.15, -0.1) is 0 Å². The molecule has 2 aromatic rings. The van der Waals surface area contributed by atoms with E-state index >= 15 is 0 Å². The van der Waals surface area contributed by atoms with Crippen LogP contribution in [0.2, 0.25) is 0 Å². The molecule has 0 spiro atoms. The van der Waals surface area contributed by atoms with Crippen molar-refractivity contribution in [1.29, 1.82) is 0 Å². The van der Waals surface area contributed by atoms with E-state index < -0.39 is 11.7 Å². The molecule has 3 heterocycles. The number of halogens is 3. The normalized spacial score (nSPS) is 17.3. The second-order valence-electron chi connectivity index (χ2n) is 6.79. The first-order valence-electron chi connectivity index (χ1n) is 8.73. The second kappa shape index (κ2) is 7.30. The lowest BCUT2D eigenvalue weighted by Crippen LogP contribution is -2.39. The minimum atomic E-state index is -4.43. The number of amides is 1. The van der Waals surface area contributed by atoms with E-state index in [9.17, 15) is 18.0 Å². The van der Waals surface area contributed by atoms with Crippen LogP contribution in [-0.4, -0.2) is 51.8 Å². The summed E-state index contributed by atoms with van der Waals surface area (Å²) < 4.78 is 39.6. The number of nitrogens with one attached hydrogen (secondary N) is 1. The number of carbonyl (C=O) groups is 1. The minimum absolute atomic E-state index is 0.00479. The third-order valence-electron chi connectivity index (χ3n) is 5.04. The predicted octanol–water partition coefficient (Wildman–Crippen LogP) is 2.27. The number of aryl methyl sites for hydroxylation is 1. The SMILES string of the molecule is Cc1nn(-c2ccc(C(F)(F)F)cn2)c(C)c1CC(=O)N(C)C1CCNC1. The molecule has 0 saturated carbocycles. The molecule has 3 rings (SSSR count). The summed E-state index contributed by atoms with van der Waals surface area (Å²) >= 11 is 0. The van der Waals surface area contributed by atoms with Crippen LogP contribution < -0.4 is 5.32 Å². The van der Waals surface area contributed by atoms with E-state index in [2.05, 4.69) is 15.4 Å². The largest absolute Gasteiger partial charge is 0.417 e. The molecule has 1 atom stereocenters. The fourth-order valence-corrected chi connectivity index (χ4v) is 3.28. The average Bonchev–Trinajstić information content (AvgIpc) is 3.24. The highest BCUT2D eigenvalue weighted by atomic mass is 19.4. The molecule has 9 heteroatoms. The van der Waals surface area contributed by atoms with E-state index in [4.69, 9.17) is 0 Å². The number of likely N-dealkylation sites (N-methyl/N-ethyl adjacent to an activating group) is 1. The Balaban J connectivity index is 1.81. The summed E-state index contributed by atoms with van der Waals surface area (Å²) in [7, 11) is 1.80. The van der Waals surface area contributed by atoms with E-state index in [-0.39, 0.29) is 24.2 Å². The van der Waals surface area contributed by atoms with Crippen LogP contribution in [-0.2, 0) is 17.4 Å². The number of nitrogens with zero attached hydrogens (tertiary/aromatic N) is 4. The van der Waals surface area contributed by atoms with Gasteiger partial charge >= 0.3 is 6.18 Å². The van der Waals surface area contributed by atoms with Crippen molar-refractivity contribution in [3.8, 4) is 5.82 Å². The van der Waals surface area contributed by atoms with Crippen molar-refractivity contribution in [3.05, 3.63) is 40.8 Å². The Morgan fingerprint density at radius 2 is 2.11 bits per heavy atom. The van der Waals surface area contributed by atoms with Gasteiger partial charge < -0.3 is 10.2 Å². The Morgan fingerprint density at radius 3 is 2.67 bits per heavy atom. The lowest BCUT2D eigenvalue weighted by Gasteiger charge is -2.23. The van der Waals surface area contributed by atoms with Crippen molar-refractivity contribution >= 4 is 5.91 Å². The van der Waals surface area contributed by atoms with Crippen molar-refractivity contribution in [2.24, 2.45) is 0 Å². The Morgan fingerprint density at radius 1 is 1.37 bits per heavy atom. The van der Waals surface area contributed by atoms with Crippen LogP contribution in [0, 0.1) is 13.8 Å². The maximum Gasteiger partial charge on any atom is 0.417 e. The second-order valence-corrected chi connectivity index (χ2v) is 6.79. The molecule has 1 aliphatic rings. The predicted molar refractivity (Wildman–Crippen MR) is 93.6 cm³/mol. The van der Waals surface area contributed by atoms with E-state index in [1.165, 1.54) is 10.7 Å². The summed E-state index contributed by atoms with van der Waals surface area (Å²) in [5.41, 5.74) is 1.33. The van der Waals surface area contributed by atoms with Gasteiger partial charge in [-0.05, 0) is 38.9 Å². The van der Waals surface area contributed by atoms with Crippen LogP contribution in [0.15, 0.2) is 18.3 Å². The highest BCUT2D eigenvalue weighted by Crippen LogP contribution is 2.29. The van der Waals surface area contributed by atoms with Crippen molar-refractivity contribution < 1.29 is 18.0 Å². The summed E-state index contributed by atoms with van der Waals surface area (Å²) in [5.74, 6) is 0.283. The van der Waals surface area contributed by atoms with Crippen LogP contribution in [0.25, 0.3) is 5.82 Å². The Bertz CT molecular complexity index is 823. The van der Waals surface area contributed by atoms with E-state index in [1.54, 1.807) is 25.8 Å². The molecule has 1 N–H and O–H groups in total. The lowest BCUT2D eigenvalue weighted by molar-refractivity contribution is -0.137. The summed E-state index contributed by atoms with van der Waals surface area (Å²) in [6, 6.07) is 2.44. The van der Waals surface area contributed by atoms with E-state index in [0.29, 0.717) is 11.4 Å². The molecule has 0 radical (unpaired) electrons. The van der Waals surface area contributed by atoms with Crippen LogP contribution in [0.1, 0.15) is 28.9 Å². The minimum Gasteiger partial charge on any atom is -0.341 e. The smallest absolute Gasteiger partial charge is 0.341 e. The molecule has 2 aromatic heterocycles. The van der Waals surface area contributed by atoms with Gasteiger partial charge in [-0.25, -0.2) is 9.67 Å². The molecular weight excluding hydrogens is 359 g/mol. The molecule has 1 saturated heterocycles. The van der Waals surface area contributed by atoms with Gasteiger partial charge in [0, 0.05) is 37.1 Å². The van der Waals surface area contributed by atoms with Gasteiger partial charge in [0.25, 0.3) is 0 Å². The number of hydrogen-bond acceptors (Lipinski definition) is 4. The first-order valence-corrected chi connectivity index (χ1v) is 8.73. The van der Waals surface area contributed by atoms with Crippen molar-refractivity contribution in [2.75, 3.05) is 20.1 Å². The van der Waals surface area contributed by atoms with Gasteiger partial charge in [0.05, 0.1) is 17.7 Å². The molecule has 0 bridgehead atoms. The third kappa shape index (κ3) is 3.97. The molecule has 1 amide bonds. The standard InChI is InChI=1S/C18H22F3N5O/c1-11-15(8-17(27)25(3)14-6-7-22-10-14)12(2)26(24-11)16-5-4-13(9-23-16)18(19,20)21/h4-5,9,14,22H,6-8,10H2,1-3H3. The summed E-state index contributed by atoms with van der Waals surface area (Å²) in [4.78, 5) is 18.3. The van der Waals surface area contributed by atoms with Crippen LogP contribution in [0.3, 0.4) is 0 Å². The molecule has 6 nitrogen and oxygen atoms in total. The Hall–Kier alpha value is -2.42. The molecule has 0 aliphatic carbocycles. The highest BCUT2D eigenvalue weighted by Gasteiger charge is 2.31. The van der Waals surface area contributed by atoms with Gasteiger partial charge in [-0.1, -0.05) is 0 Å². The fourth-order valence-electron chi connectivity index (χ4n) is 3.28.